The Balaban J connectivity index is 2.03. The summed E-state index contributed by atoms with van der Waals surface area (Å²) in [6.45, 7) is 0. The molecule has 0 heterocycles. The zero-order chi connectivity index (χ0) is 20.7. The average Bonchev–Trinajstić information content (AvgIpc) is 2.60. The lowest BCUT2D eigenvalue weighted by Crippen LogP contribution is -2.05. The van der Waals surface area contributed by atoms with E-state index in [0.29, 0.717) is 0 Å². The molecule has 3 rings (SSSR count). The molecule has 0 saturated carbocycles. The van der Waals surface area contributed by atoms with Crippen LogP contribution in [0.25, 0.3) is 0 Å². The second-order valence-corrected chi connectivity index (χ2v) is 11.3. The van der Waals surface area contributed by atoms with Gasteiger partial charge in [-0.1, -0.05) is 46.4 Å². The smallest absolute Gasteiger partial charge is 0.206 e. The molecule has 0 radical (unpaired) electrons. The first-order chi connectivity index (χ1) is 13.0. The highest BCUT2D eigenvalue weighted by Crippen LogP contribution is 2.30. The number of rotatable bonds is 4. The largest absolute Gasteiger partial charge is 0.219 e. The Morgan fingerprint density at radius 3 is 0.929 bits per heavy atom. The van der Waals surface area contributed by atoms with Gasteiger partial charge in [-0.3, -0.25) is 0 Å². The Morgan fingerprint density at radius 1 is 0.429 bits per heavy atom. The van der Waals surface area contributed by atoms with Gasteiger partial charge in [-0.05, 0) is 60.7 Å². The van der Waals surface area contributed by atoms with E-state index in [2.05, 4.69) is 0 Å². The van der Waals surface area contributed by atoms with Crippen LogP contribution in [0.5, 0.6) is 0 Å². The van der Waals surface area contributed by atoms with Crippen LogP contribution in [0.4, 0.5) is 0 Å². The fourth-order valence-corrected chi connectivity index (χ4v) is 6.41. The van der Waals surface area contributed by atoms with Crippen molar-refractivity contribution in [2.75, 3.05) is 0 Å². The van der Waals surface area contributed by atoms with Gasteiger partial charge in [0.1, 0.15) is 0 Å². The minimum atomic E-state index is -3.93. The predicted molar refractivity (Wildman–Crippen MR) is 110 cm³/mol. The Bertz CT molecular complexity index is 1130. The molecule has 0 bridgehead atoms. The van der Waals surface area contributed by atoms with Crippen LogP contribution in [0.1, 0.15) is 0 Å². The van der Waals surface area contributed by atoms with E-state index in [1.165, 1.54) is 60.7 Å². The highest BCUT2D eigenvalue weighted by Gasteiger charge is 2.22. The first-order valence-corrected chi connectivity index (χ1v) is 12.0. The third-order valence-corrected chi connectivity index (χ3v) is 8.11. The van der Waals surface area contributed by atoms with Crippen LogP contribution in [-0.2, 0) is 19.7 Å². The quantitative estimate of drug-likeness (QED) is 0.447. The number of hydrogen-bond acceptors (Lipinski definition) is 4. The molecule has 0 atom stereocenters. The molecule has 0 aliphatic carbocycles. The van der Waals surface area contributed by atoms with Gasteiger partial charge < -0.3 is 0 Å². The molecule has 0 N–H and O–H groups in total. The maximum Gasteiger partial charge on any atom is 0.206 e. The van der Waals surface area contributed by atoms with Crippen LogP contribution in [0.2, 0.25) is 20.1 Å². The molecule has 3 aromatic carbocycles. The predicted octanol–water partition coefficient (Wildman–Crippen LogP) is 5.97. The van der Waals surface area contributed by atoms with Crippen LogP contribution in [-0.4, -0.2) is 16.8 Å². The first-order valence-electron chi connectivity index (χ1n) is 7.52. The molecule has 0 aromatic heterocycles. The van der Waals surface area contributed by atoms with Crippen molar-refractivity contribution in [3.05, 3.63) is 80.8 Å². The standard InChI is InChI=1S/C18H10Cl4O4S2/c19-11-5-12(20)8-17(7-11)27(23,24)15-1-2-16(4-3-15)28(25,26)18-9-13(21)6-14(22)10-18/h1-10H. The van der Waals surface area contributed by atoms with Gasteiger partial charge in [-0.25, -0.2) is 16.8 Å². The molecule has 0 aliphatic heterocycles. The topological polar surface area (TPSA) is 68.3 Å². The Labute approximate surface area is 182 Å². The van der Waals surface area contributed by atoms with Gasteiger partial charge in [0.05, 0.1) is 19.6 Å². The molecule has 4 nitrogen and oxygen atoms in total. The number of hydrogen-bond donors (Lipinski definition) is 0. The number of halogens is 4. The van der Waals surface area contributed by atoms with Crippen LogP contribution in [0.3, 0.4) is 0 Å². The normalized spacial score (nSPS) is 12.1. The van der Waals surface area contributed by atoms with Crippen LogP contribution in [0, 0.1) is 0 Å². The number of benzene rings is 3. The summed E-state index contributed by atoms with van der Waals surface area (Å²) in [5.41, 5.74) is 0. The van der Waals surface area contributed by atoms with E-state index in [4.69, 9.17) is 46.4 Å². The third-order valence-electron chi connectivity index (χ3n) is 3.74. The summed E-state index contributed by atoms with van der Waals surface area (Å²) < 4.78 is 51.0. The van der Waals surface area contributed by atoms with E-state index >= 15 is 0 Å². The summed E-state index contributed by atoms with van der Waals surface area (Å²) in [5.74, 6) is 0. The summed E-state index contributed by atoms with van der Waals surface area (Å²) >= 11 is 23.5. The molecule has 0 aliphatic rings. The highest BCUT2D eigenvalue weighted by molar-refractivity contribution is 7.92. The molecule has 0 spiro atoms. The molecule has 0 fully saturated rings. The van der Waals surface area contributed by atoms with Crippen molar-refractivity contribution in [3.8, 4) is 0 Å². The molecule has 3 aromatic rings. The minimum absolute atomic E-state index is 0.0952. The van der Waals surface area contributed by atoms with Crippen molar-refractivity contribution < 1.29 is 16.8 Å². The molecule has 10 heteroatoms. The summed E-state index contributed by atoms with van der Waals surface area (Å²) in [6.07, 6.45) is 0. The lowest BCUT2D eigenvalue weighted by atomic mass is 10.3. The lowest BCUT2D eigenvalue weighted by molar-refractivity contribution is 0.592. The van der Waals surface area contributed by atoms with Gasteiger partial charge in [0.2, 0.25) is 19.7 Å². The summed E-state index contributed by atoms with van der Waals surface area (Å²) in [7, 11) is -7.86. The molecular formula is C18H10Cl4O4S2. The van der Waals surface area contributed by atoms with Crippen molar-refractivity contribution in [2.45, 2.75) is 19.6 Å². The second-order valence-electron chi connectivity index (χ2n) is 5.69. The SMILES string of the molecule is O=S(=O)(c1ccc(S(=O)(=O)c2cc(Cl)cc(Cl)c2)cc1)c1cc(Cl)cc(Cl)c1. The Morgan fingerprint density at radius 2 is 0.679 bits per heavy atom. The van der Waals surface area contributed by atoms with Gasteiger partial charge in [0.25, 0.3) is 0 Å². The van der Waals surface area contributed by atoms with E-state index in [1.54, 1.807) is 0 Å². The first kappa shape index (κ1) is 21.4. The lowest BCUT2D eigenvalue weighted by Gasteiger charge is -2.09. The van der Waals surface area contributed by atoms with Crippen LogP contribution < -0.4 is 0 Å². The van der Waals surface area contributed by atoms with Gasteiger partial charge in [-0.2, -0.15) is 0 Å². The maximum absolute atomic E-state index is 12.8. The van der Waals surface area contributed by atoms with E-state index in [1.807, 2.05) is 0 Å². The van der Waals surface area contributed by atoms with Crippen molar-refractivity contribution in [2.24, 2.45) is 0 Å². The maximum atomic E-state index is 12.8. The third kappa shape index (κ3) is 4.32. The molecule has 0 saturated heterocycles. The Hall–Kier alpha value is -1.28. The second kappa shape index (κ2) is 7.86. The van der Waals surface area contributed by atoms with E-state index in [0.717, 1.165) is 0 Å². The van der Waals surface area contributed by atoms with E-state index < -0.39 is 19.7 Å². The molecule has 0 unspecified atom stereocenters. The van der Waals surface area contributed by atoms with Gasteiger partial charge in [-0.15, -0.1) is 0 Å². The Kier molecular flexibility index (Phi) is 6.01. The zero-order valence-electron chi connectivity index (χ0n) is 13.7. The van der Waals surface area contributed by atoms with Crippen molar-refractivity contribution in [3.63, 3.8) is 0 Å². The molecule has 146 valence electrons. The highest BCUT2D eigenvalue weighted by atomic mass is 35.5. The monoisotopic (exact) mass is 494 g/mol. The van der Waals surface area contributed by atoms with Crippen molar-refractivity contribution >= 4 is 66.1 Å². The summed E-state index contributed by atoms with van der Waals surface area (Å²) in [4.78, 5) is -0.396. The summed E-state index contributed by atoms with van der Waals surface area (Å²) in [5, 5.41) is 0.678. The molecule has 0 amide bonds. The molecule has 28 heavy (non-hydrogen) atoms. The molecular weight excluding hydrogens is 486 g/mol. The minimum Gasteiger partial charge on any atom is -0.219 e. The van der Waals surface area contributed by atoms with Crippen LogP contribution in [0.15, 0.2) is 80.2 Å². The fraction of sp³-hybridized carbons (Fsp3) is 0. The van der Waals surface area contributed by atoms with Gasteiger partial charge in [0, 0.05) is 20.1 Å². The van der Waals surface area contributed by atoms with Gasteiger partial charge >= 0.3 is 0 Å². The number of sulfone groups is 2. The fourth-order valence-electron chi connectivity index (χ4n) is 2.44. The van der Waals surface area contributed by atoms with Crippen molar-refractivity contribution in [1.82, 2.24) is 0 Å². The zero-order valence-corrected chi connectivity index (χ0v) is 18.4. The van der Waals surface area contributed by atoms with Gasteiger partial charge in [0.15, 0.2) is 0 Å². The summed E-state index contributed by atoms with van der Waals surface area (Å²) in [6, 6.07) is 12.7. The van der Waals surface area contributed by atoms with E-state index in [-0.39, 0.29) is 39.7 Å². The van der Waals surface area contributed by atoms with Crippen molar-refractivity contribution in [1.29, 1.82) is 0 Å². The van der Waals surface area contributed by atoms with Crippen LogP contribution >= 0.6 is 46.4 Å². The van der Waals surface area contributed by atoms with E-state index in [9.17, 15) is 16.8 Å². The average molecular weight is 496 g/mol.